The standard InChI is InChI=1S/C10H19N.C9H6N4/c1-11(10-7-8-10)9-5-3-2-4-6-9;10-4-6-1-2-8-7(3-6)9(11)13-5-12-8/h9-10H,2-8H2,1H3;1-3,5H,(H2,11,12,13). The van der Waals surface area contributed by atoms with Gasteiger partial charge in [0.15, 0.2) is 0 Å². The van der Waals surface area contributed by atoms with E-state index < -0.39 is 0 Å². The Hall–Kier alpha value is -2.19. The smallest absolute Gasteiger partial charge is 0.134 e. The maximum Gasteiger partial charge on any atom is 0.134 e. The predicted molar refractivity (Wildman–Crippen MR) is 96.3 cm³/mol. The Morgan fingerprint density at radius 1 is 1.08 bits per heavy atom. The highest BCUT2D eigenvalue weighted by Gasteiger charge is 2.31. The van der Waals surface area contributed by atoms with Crippen LogP contribution in [0.5, 0.6) is 0 Å². The topological polar surface area (TPSA) is 78.8 Å². The Bertz CT molecular complexity index is 726. The molecule has 1 aromatic heterocycles. The average Bonchev–Trinajstić information content (AvgIpc) is 3.48. The van der Waals surface area contributed by atoms with Gasteiger partial charge in [-0.05, 0) is 50.9 Å². The number of benzene rings is 1. The molecule has 2 aromatic rings. The third-order valence-electron chi connectivity index (χ3n) is 5.07. The van der Waals surface area contributed by atoms with E-state index in [1.807, 2.05) is 6.07 Å². The zero-order chi connectivity index (χ0) is 16.9. The first-order valence-corrected chi connectivity index (χ1v) is 8.81. The van der Waals surface area contributed by atoms with E-state index in [1.54, 1.807) is 18.2 Å². The van der Waals surface area contributed by atoms with Crippen LogP contribution >= 0.6 is 0 Å². The van der Waals surface area contributed by atoms with Gasteiger partial charge in [-0.25, -0.2) is 9.97 Å². The number of rotatable bonds is 2. The fourth-order valence-corrected chi connectivity index (χ4v) is 3.41. The van der Waals surface area contributed by atoms with Crippen LogP contribution in [0.25, 0.3) is 10.9 Å². The molecule has 5 heteroatoms. The first-order chi connectivity index (χ1) is 11.7. The maximum absolute atomic E-state index is 8.66. The van der Waals surface area contributed by atoms with Gasteiger partial charge in [-0.2, -0.15) is 5.26 Å². The van der Waals surface area contributed by atoms with Crippen LogP contribution in [0.4, 0.5) is 5.82 Å². The molecule has 24 heavy (non-hydrogen) atoms. The van der Waals surface area contributed by atoms with Gasteiger partial charge in [-0.3, -0.25) is 0 Å². The highest BCUT2D eigenvalue weighted by atomic mass is 15.2. The van der Waals surface area contributed by atoms with E-state index in [2.05, 4.69) is 21.9 Å². The summed E-state index contributed by atoms with van der Waals surface area (Å²) in [6.45, 7) is 0. The lowest BCUT2D eigenvalue weighted by molar-refractivity contribution is 0.183. The second-order valence-electron chi connectivity index (χ2n) is 6.79. The van der Waals surface area contributed by atoms with Gasteiger partial charge in [0.1, 0.15) is 12.1 Å². The number of nitrogens with two attached hydrogens (primary N) is 1. The molecule has 2 aliphatic carbocycles. The van der Waals surface area contributed by atoms with Gasteiger partial charge in [0.05, 0.1) is 17.1 Å². The number of anilines is 1. The van der Waals surface area contributed by atoms with Crippen molar-refractivity contribution in [2.45, 2.75) is 57.0 Å². The van der Waals surface area contributed by atoms with Crippen LogP contribution in [0.15, 0.2) is 24.5 Å². The molecule has 0 bridgehead atoms. The zero-order valence-corrected chi connectivity index (χ0v) is 14.3. The molecule has 0 unspecified atom stereocenters. The molecule has 0 saturated heterocycles. The maximum atomic E-state index is 8.66. The summed E-state index contributed by atoms with van der Waals surface area (Å²) in [4.78, 5) is 10.5. The largest absolute Gasteiger partial charge is 0.383 e. The van der Waals surface area contributed by atoms with Crippen LogP contribution < -0.4 is 5.73 Å². The van der Waals surface area contributed by atoms with Crippen molar-refractivity contribution in [3.8, 4) is 6.07 Å². The zero-order valence-electron chi connectivity index (χ0n) is 14.3. The Morgan fingerprint density at radius 3 is 2.46 bits per heavy atom. The van der Waals surface area contributed by atoms with E-state index in [9.17, 15) is 0 Å². The third-order valence-corrected chi connectivity index (χ3v) is 5.07. The lowest BCUT2D eigenvalue weighted by atomic mass is 9.94. The summed E-state index contributed by atoms with van der Waals surface area (Å²) in [5, 5.41) is 9.38. The lowest BCUT2D eigenvalue weighted by Gasteiger charge is -2.31. The monoisotopic (exact) mass is 323 g/mol. The lowest BCUT2D eigenvalue weighted by Crippen LogP contribution is -2.34. The van der Waals surface area contributed by atoms with E-state index in [-0.39, 0.29) is 0 Å². The minimum Gasteiger partial charge on any atom is -0.383 e. The van der Waals surface area contributed by atoms with Crippen LogP contribution in [-0.2, 0) is 0 Å². The van der Waals surface area contributed by atoms with E-state index >= 15 is 0 Å². The Morgan fingerprint density at radius 2 is 1.79 bits per heavy atom. The number of hydrogen-bond donors (Lipinski definition) is 1. The van der Waals surface area contributed by atoms with Crippen molar-refractivity contribution in [1.29, 1.82) is 5.26 Å². The molecule has 5 nitrogen and oxygen atoms in total. The van der Waals surface area contributed by atoms with Crippen molar-refractivity contribution in [2.75, 3.05) is 12.8 Å². The minimum absolute atomic E-state index is 0.405. The molecular weight excluding hydrogens is 298 g/mol. The quantitative estimate of drug-likeness (QED) is 0.915. The first-order valence-electron chi connectivity index (χ1n) is 8.81. The Kier molecular flexibility index (Phi) is 5.27. The number of aromatic nitrogens is 2. The number of nitrogen functional groups attached to an aromatic ring is 1. The predicted octanol–water partition coefficient (Wildman–Crippen LogP) is 3.50. The molecule has 2 fully saturated rings. The molecule has 0 aliphatic heterocycles. The van der Waals surface area contributed by atoms with Gasteiger partial charge in [-0.1, -0.05) is 19.3 Å². The van der Waals surface area contributed by atoms with E-state index in [0.29, 0.717) is 11.4 Å². The second kappa shape index (κ2) is 7.59. The van der Waals surface area contributed by atoms with Gasteiger partial charge in [-0.15, -0.1) is 0 Å². The molecule has 2 saturated carbocycles. The minimum atomic E-state index is 0.405. The molecule has 0 radical (unpaired) electrons. The number of nitriles is 1. The Balaban J connectivity index is 0.000000143. The van der Waals surface area contributed by atoms with Gasteiger partial charge >= 0.3 is 0 Å². The van der Waals surface area contributed by atoms with Crippen LogP contribution in [0, 0.1) is 11.3 Å². The van der Waals surface area contributed by atoms with Gasteiger partial charge in [0.2, 0.25) is 0 Å². The third kappa shape index (κ3) is 4.01. The summed E-state index contributed by atoms with van der Waals surface area (Å²) in [5.74, 6) is 0.405. The van der Waals surface area contributed by atoms with Crippen molar-refractivity contribution < 1.29 is 0 Å². The van der Waals surface area contributed by atoms with Crippen LogP contribution in [-0.4, -0.2) is 34.0 Å². The van der Waals surface area contributed by atoms with Crippen LogP contribution in [0.3, 0.4) is 0 Å². The molecule has 0 amide bonds. The molecule has 4 rings (SSSR count). The summed E-state index contributed by atoms with van der Waals surface area (Å²) in [5.41, 5.74) is 6.94. The fraction of sp³-hybridized carbons (Fsp3) is 0.526. The number of nitrogens with zero attached hydrogens (tertiary/aromatic N) is 4. The normalized spacial score (nSPS) is 18.0. The summed E-state index contributed by atoms with van der Waals surface area (Å²) < 4.78 is 0. The first kappa shape index (κ1) is 16.7. The van der Waals surface area contributed by atoms with E-state index in [0.717, 1.165) is 23.0 Å². The van der Waals surface area contributed by atoms with Crippen LogP contribution in [0.2, 0.25) is 0 Å². The molecule has 1 heterocycles. The summed E-state index contributed by atoms with van der Waals surface area (Å²) in [7, 11) is 2.33. The van der Waals surface area contributed by atoms with Crippen molar-refractivity contribution >= 4 is 16.7 Å². The SMILES string of the molecule is CN(C1CCCCC1)C1CC1.N#Cc1ccc2ncnc(N)c2c1. The van der Waals surface area contributed by atoms with E-state index in [4.69, 9.17) is 11.0 Å². The summed E-state index contributed by atoms with van der Waals surface area (Å²) >= 11 is 0. The number of fused-ring (bicyclic) bond motifs is 1. The van der Waals surface area contributed by atoms with Crippen molar-refractivity contribution in [3.63, 3.8) is 0 Å². The summed E-state index contributed by atoms with van der Waals surface area (Å²) in [6.07, 6.45) is 11.7. The highest BCUT2D eigenvalue weighted by molar-refractivity contribution is 5.88. The van der Waals surface area contributed by atoms with Crippen LogP contribution in [0.1, 0.15) is 50.5 Å². The van der Waals surface area contributed by atoms with E-state index in [1.165, 1.54) is 51.3 Å². The second-order valence-corrected chi connectivity index (χ2v) is 6.79. The van der Waals surface area contributed by atoms with Gasteiger partial charge in [0, 0.05) is 17.5 Å². The highest BCUT2D eigenvalue weighted by Crippen LogP contribution is 2.31. The molecule has 0 spiro atoms. The summed E-state index contributed by atoms with van der Waals surface area (Å²) in [6, 6.07) is 9.09. The molecule has 2 N–H and O–H groups in total. The molecular formula is C19H25N5. The number of hydrogen-bond acceptors (Lipinski definition) is 5. The van der Waals surface area contributed by atoms with Gasteiger partial charge < -0.3 is 10.6 Å². The van der Waals surface area contributed by atoms with Gasteiger partial charge in [0.25, 0.3) is 0 Å². The fourth-order valence-electron chi connectivity index (χ4n) is 3.41. The molecule has 1 aromatic carbocycles. The van der Waals surface area contributed by atoms with Crippen molar-refractivity contribution in [3.05, 3.63) is 30.1 Å². The molecule has 2 aliphatic rings. The molecule has 0 atom stereocenters. The Labute approximate surface area is 143 Å². The van der Waals surface area contributed by atoms with Crippen molar-refractivity contribution in [2.24, 2.45) is 0 Å². The van der Waals surface area contributed by atoms with Crippen molar-refractivity contribution in [1.82, 2.24) is 14.9 Å². The average molecular weight is 323 g/mol. The molecule has 126 valence electrons.